The number of aromatic amines is 1. The van der Waals surface area contributed by atoms with Gasteiger partial charge in [-0.1, -0.05) is 41.9 Å². The molecule has 1 amide bonds. The van der Waals surface area contributed by atoms with Crippen LogP contribution in [0.25, 0.3) is 22.4 Å². The minimum atomic E-state index is -1.08. The Bertz CT molecular complexity index is 1140. The van der Waals surface area contributed by atoms with Crippen LogP contribution in [0.4, 0.5) is 5.69 Å². The van der Waals surface area contributed by atoms with Crippen molar-refractivity contribution in [1.82, 2.24) is 9.97 Å². The van der Waals surface area contributed by atoms with Crippen LogP contribution in [0.15, 0.2) is 72.8 Å². The Hall–Kier alpha value is -3.31. The molecule has 0 unspecified atom stereocenters. The van der Waals surface area contributed by atoms with E-state index in [-0.39, 0.29) is 5.91 Å². The molecule has 4 rings (SSSR count). The molecule has 6 heteroatoms. The molecule has 146 valence electrons. The van der Waals surface area contributed by atoms with E-state index in [9.17, 15) is 4.79 Å². The van der Waals surface area contributed by atoms with Gasteiger partial charge in [-0.25, -0.2) is 4.98 Å². The first-order valence-corrected chi connectivity index (χ1v) is 9.60. The molecule has 0 saturated carbocycles. The van der Waals surface area contributed by atoms with Crippen molar-refractivity contribution < 1.29 is 9.53 Å². The molecule has 1 aromatic heterocycles. The zero-order valence-electron chi connectivity index (χ0n) is 16.1. The van der Waals surface area contributed by atoms with Crippen molar-refractivity contribution in [2.75, 3.05) is 5.32 Å². The summed E-state index contributed by atoms with van der Waals surface area (Å²) in [6.45, 7) is 3.43. The number of fused-ring (bicyclic) bond motifs is 1. The summed E-state index contributed by atoms with van der Waals surface area (Å²) >= 11 is 6.33. The van der Waals surface area contributed by atoms with Gasteiger partial charge in [0.2, 0.25) is 0 Å². The Labute approximate surface area is 173 Å². The largest absolute Gasteiger partial charge is 0.478 e. The summed E-state index contributed by atoms with van der Waals surface area (Å²) in [5.41, 5.74) is 2.06. The van der Waals surface area contributed by atoms with Gasteiger partial charge in [-0.2, -0.15) is 0 Å². The highest BCUT2D eigenvalue weighted by atomic mass is 35.5. The van der Waals surface area contributed by atoms with Crippen LogP contribution in [0.5, 0.6) is 5.75 Å². The second kappa shape index (κ2) is 7.60. The molecule has 0 fully saturated rings. The summed E-state index contributed by atoms with van der Waals surface area (Å²) < 4.78 is 5.86. The number of anilines is 1. The number of aromatic nitrogens is 2. The zero-order valence-corrected chi connectivity index (χ0v) is 16.8. The number of halogens is 1. The van der Waals surface area contributed by atoms with Gasteiger partial charge in [-0.3, -0.25) is 4.79 Å². The number of nitrogens with one attached hydrogen (secondary N) is 2. The Morgan fingerprint density at radius 1 is 1.03 bits per heavy atom. The number of carbonyl (C=O) groups is 1. The van der Waals surface area contributed by atoms with Crippen molar-refractivity contribution in [3.63, 3.8) is 0 Å². The fourth-order valence-corrected chi connectivity index (χ4v) is 3.13. The molecule has 2 N–H and O–H groups in total. The first-order valence-electron chi connectivity index (χ1n) is 9.22. The number of para-hydroxylation sites is 3. The normalized spacial score (nSPS) is 11.4. The molecule has 0 spiro atoms. The fraction of sp³-hybridized carbons (Fsp3) is 0.130. The van der Waals surface area contributed by atoms with Crippen LogP contribution >= 0.6 is 11.6 Å². The van der Waals surface area contributed by atoms with Gasteiger partial charge < -0.3 is 15.0 Å². The summed E-state index contributed by atoms with van der Waals surface area (Å²) in [6.07, 6.45) is 0. The summed E-state index contributed by atoms with van der Waals surface area (Å²) in [4.78, 5) is 20.7. The van der Waals surface area contributed by atoms with Crippen LogP contribution < -0.4 is 10.1 Å². The number of benzene rings is 3. The summed E-state index contributed by atoms with van der Waals surface area (Å²) in [7, 11) is 0. The molecule has 0 aliphatic rings. The van der Waals surface area contributed by atoms with E-state index in [2.05, 4.69) is 15.3 Å². The van der Waals surface area contributed by atoms with E-state index in [4.69, 9.17) is 16.3 Å². The third-order valence-electron chi connectivity index (χ3n) is 4.54. The SMILES string of the molecule is CC(C)(Oc1ccccc1)C(=O)Nc1cc(-c2nc3ccccc3[nH]2)ccc1Cl. The highest BCUT2D eigenvalue weighted by Gasteiger charge is 2.30. The van der Waals surface area contributed by atoms with Crippen LogP contribution in [0.2, 0.25) is 5.02 Å². The van der Waals surface area contributed by atoms with Crippen LogP contribution in [-0.4, -0.2) is 21.5 Å². The first-order chi connectivity index (χ1) is 13.9. The van der Waals surface area contributed by atoms with E-state index in [0.717, 1.165) is 16.6 Å². The molecule has 5 nitrogen and oxygen atoms in total. The quantitative estimate of drug-likeness (QED) is 0.449. The van der Waals surface area contributed by atoms with Gasteiger partial charge in [0.05, 0.1) is 21.7 Å². The number of hydrogen-bond donors (Lipinski definition) is 2. The van der Waals surface area contributed by atoms with E-state index in [0.29, 0.717) is 22.3 Å². The number of carbonyl (C=O) groups excluding carboxylic acids is 1. The highest BCUT2D eigenvalue weighted by molar-refractivity contribution is 6.34. The molecule has 29 heavy (non-hydrogen) atoms. The highest BCUT2D eigenvalue weighted by Crippen LogP contribution is 2.30. The number of H-pyrrole nitrogens is 1. The van der Waals surface area contributed by atoms with E-state index >= 15 is 0 Å². The Kier molecular flexibility index (Phi) is 4.99. The molecule has 0 radical (unpaired) electrons. The van der Waals surface area contributed by atoms with Crippen molar-refractivity contribution in [3.8, 4) is 17.1 Å². The minimum Gasteiger partial charge on any atom is -0.478 e. The van der Waals surface area contributed by atoms with Crippen molar-refractivity contribution in [3.05, 3.63) is 77.8 Å². The number of nitrogens with zero attached hydrogens (tertiary/aromatic N) is 1. The predicted molar refractivity (Wildman–Crippen MR) is 116 cm³/mol. The Morgan fingerprint density at radius 2 is 1.76 bits per heavy atom. The van der Waals surface area contributed by atoms with E-state index < -0.39 is 5.60 Å². The summed E-state index contributed by atoms with van der Waals surface area (Å²) in [5, 5.41) is 3.32. The lowest BCUT2D eigenvalue weighted by molar-refractivity contribution is -0.128. The number of rotatable bonds is 5. The molecule has 0 saturated heterocycles. The molecule has 0 bridgehead atoms. The molecule has 3 aromatic carbocycles. The van der Waals surface area contributed by atoms with Crippen molar-refractivity contribution in [2.24, 2.45) is 0 Å². The molecule has 4 aromatic rings. The molecule has 0 aliphatic carbocycles. The smallest absolute Gasteiger partial charge is 0.268 e. The Morgan fingerprint density at radius 3 is 2.52 bits per heavy atom. The van der Waals surface area contributed by atoms with Crippen LogP contribution in [0.3, 0.4) is 0 Å². The number of imidazole rings is 1. The monoisotopic (exact) mass is 405 g/mol. The van der Waals surface area contributed by atoms with E-state index in [1.807, 2.05) is 60.7 Å². The number of ether oxygens (including phenoxy) is 1. The van der Waals surface area contributed by atoms with Crippen molar-refractivity contribution in [2.45, 2.75) is 19.4 Å². The van der Waals surface area contributed by atoms with Gasteiger partial charge in [0.1, 0.15) is 11.6 Å². The van der Waals surface area contributed by atoms with Gasteiger partial charge >= 0.3 is 0 Å². The summed E-state index contributed by atoms with van der Waals surface area (Å²) in [5.74, 6) is 1.03. The average Bonchev–Trinajstić information content (AvgIpc) is 3.14. The number of hydrogen-bond acceptors (Lipinski definition) is 3. The molecule has 0 aliphatic heterocycles. The minimum absolute atomic E-state index is 0.301. The van der Waals surface area contributed by atoms with Gasteiger partial charge in [-0.15, -0.1) is 0 Å². The lowest BCUT2D eigenvalue weighted by atomic mass is 10.1. The molecular formula is C23H20ClN3O2. The van der Waals surface area contributed by atoms with Crippen LogP contribution in [-0.2, 0) is 4.79 Å². The maximum absolute atomic E-state index is 12.9. The zero-order chi connectivity index (χ0) is 20.4. The van der Waals surface area contributed by atoms with Crippen LogP contribution in [0, 0.1) is 0 Å². The first kappa shape index (κ1) is 19.0. The maximum Gasteiger partial charge on any atom is 0.268 e. The third kappa shape index (κ3) is 4.10. The third-order valence-corrected chi connectivity index (χ3v) is 4.87. The number of amides is 1. The molecule has 1 heterocycles. The lowest BCUT2D eigenvalue weighted by Gasteiger charge is -2.25. The van der Waals surface area contributed by atoms with Gasteiger partial charge in [0.25, 0.3) is 5.91 Å². The second-order valence-electron chi connectivity index (χ2n) is 7.18. The fourth-order valence-electron chi connectivity index (χ4n) is 2.96. The van der Waals surface area contributed by atoms with Gasteiger partial charge in [-0.05, 0) is 56.3 Å². The lowest BCUT2D eigenvalue weighted by Crippen LogP contribution is -2.42. The van der Waals surface area contributed by atoms with Crippen LogP contribution in [0.1, 0.15) is 13.8 Å². The average molecular weight is 406 g/mol. The van der Waals surface area contributed by atoms with Gasteiger partial charge in [0, 0.05) is 5.56 Å². The van der Waals surface area contributed by atoms with E-state index in [1.54, 1.807) is 26.0 Å². The van der Waals surface area contributed by atoms with Crippen molar-refractivity contribution >= 4 is 34.2 Å². The summed E-state index contributed by atoms with van der Waals surface area (Å²) in [6, 6.07) is 22.4. The Balaban J connectivity index is 1.58. The molecular weight excluding hydrogens is 386 g/mol. The molecule has 0 atom stereocenters. The standard InChI is InChI=1S/C23H20ClN3O2/c1-23(2,29-16-8-4-3-5-9-16)22(28)27-20-14-15(12-13-17(20)24)21-25-18-10-6-7-11-19(18)26-21/h3-14H,1-2H3,(H,25,26)(H,27,28). The van der Waals surface area contributed by atoms with Crippen molar-refractivity contribution in [1.29, 1.82) is 0 Å². The maximum atomic E-state index is 12.9. The van der Waals surface area contributed by atoms with Gasteiger partial charge in [0.15, 0.2) is 5.60 Å². The second-order valence-corrected chi connectivity index (χ2v) is 7.58. The van der Waals surface area contributed by atoms with E-state index in [1.165, 1.54) is 0 Å². The predicted octanol–water partition coefficient (Wildman–Crippen LogP) is 5.68. The topological polar surface area (TPSA) is 67.0 Å².